The fourth-order valence-electron chi connectivity index (χ4n) is 5.16. The molecule has 3 saturated heterocycles. The number of fused-ring (bicyclic) bond motifs is 3. The van der Waals surface area contributed by atoms with Gasteiger partial charge in [-0.1, -0.05) is 0 Å². The van der Waals surface area contributed by atoms with E-state index < -0.39 is 15.1 Å². The molecule has 7 nitrogen and oxygen atoms in total. The van der Waals surface area contributed by atoms with Crippen LogP contribution in [0, 0.1) is 5.92 Å². The van der Waals surface area contributed by atoms with Crippen LogP contribution in [-0.4, -0.2) is 69.1 Å². The number of carbonyl (C=O) groups is 1. The molecule has 1 aromatic rings. The van der Waals surface area contributed by atoms with Crippen molar-refractivity contribution in [3.05, 3.63) is 21.4 Å². The lowest BCUT2D eigenvalue weighted by Gasteiger charge is -2.40. The van der Waals surface area contributed by atoms with E-state index in [2.05, 4.69) is 5.32 Å². The van der Waals surface area contributed by atoms with Crippen molar-refractivity contribution in [1.82, 2.24) is 10.2 Å². The van der Waals surface area contributed by atoms with Gasteiger partial charge < -0.3 is 20.7 Å². The minimum absolute atomic E-state index is 0.0472. The highest BCUT2D eigenvalue weighted by atomic mass is 32.2. The van der Waals surface area contributed by atoms with Crippen LogP contribution in [0.2, 0.25) is 0 Å². The molecule has 3 N–H and O–H groups in total. The molecule has 3 atom stereocenters. The summed E-state index contributed by atoms with van der Waals surface area (Å²) in [5.74, 6) is -0.145. The highest BCUT2D eigenvalue weighted by Gasteiger charge is 2.52. The van der Waals surface area contributed by atoms with Crippen LogP contribution in [0.3, 0.4) is 0 Å². The molecule has 9 heteroatoms. The monoisotopic (exact) mass is 411 g/mol. The molecular formula is C18H25N3O4S2. The molecule has 0 radical (unpaired) electrons. The Hall–Kier alpha value is -1.00. The number of ether oxygens (including phenoxy) is 1. The normalized spacial score (nSPS) is 33.8. The van der Waals surface area contributed by atoms with Crippen LogP contribution in [0.5, 0.6) is 0 Å². The van der Waals surface area contributed by atoms with E-state index >= 15 is 0 Å². The Labute approximate surface area is 163 Å². The number of nitrogens with two attached hydrogens (primary N) is 1. The Morgan fingerprint density at radius 2 is 2.11 bits per heavy atom. The van der Waals surface area contributed by atoms with E-state index in [4.69, 9.17) is 10.5 Å². The first kappa shape index (κ1) is 18.1. The molecule has 1 aromatic heterocycles. The molecule has 0 aromatic carbocycles. The first-order chi connectivity index (χ1) is 12.9. The minimum atomic E-state index is -3.19. The summed E-state index contributed by atoms with van der Waals surface area (Å²) in [5, 5.41) is 2.88. The molecule has 148 valence electrons. The van der Waals surface area contributed by atoms with Crippen LogP contribution < -0.4 is 11.1 Å². The molecule has 0 bridgehead atoms. The van der Waals surface area contributed by atoms with Gasteiger partial charge >= 0.3 is 0 Å². The molecule has 0 saturated carbocycles. The zero-order chi connectivity index (χ0) is 18.8. The number of piperidine rings is 1. The Morgan fingerprint density at radius 1 is 1.33 bits per heavy atom. The predicted molar refractivity (Wildman–Crippen MR) is 103 cm³/mol. The molecule has 0 unspecified atom stereocenters. The number of hydrogen-bond donors (Lipinski definition) is 2. The van der Waals surface area contributed by atoms with Crippen molar-refractivity contribution in [1.29, 1.82) is 0 Å². The first-order valence-electron chi connectivity index (χ1n) is 9.64. The van der Waals surface area contributed by atoms with Gasteiger partial charge in [0.1, 0.15) is 5.60 Å². The Balaban J connectivity index is 1.41. The molecule has 1 amide bonds. The molecule has 27 heavy (non-hydrogen) atoms. The summed E-state index contributed by atoms with van der Waals surface area (Å²) in [6.45, 7) is 3.25. The molecule has 5 heterocycles. The molecule has 1 spiro atoms. The van der Waals surface area contributed by atoms with Crippen molar-refractivity contribution in [2.24, 2.45) is 11.7 Å². The topological polar surface area (TPSA) is 102 Å². The summed E-state index contributed by atoms with van der Waals surface area (Å²) < 4.78 is 30.8. The highest BCUT2D eigenvalue weighted by Crippen LogP contribution is 2.45. The van der Waals surface area contributed by atoms with Crippen LogP contribution >= 0.6 is 11.3 Å². The van der Waals surface area contributed by atoms with E-state index in [1.165, 1.54) is 21.8 Å². The van der Waals surface area contributed by atoms with E-state index in [0.29, 0.717) is 18.0 Å². The number of likely N-dealkylation sites (tertiary alicyclic amines) is 1. The summed E-state index contributed by atoms with van der Waals surface area (Å²) in [5.41, 5.74) is 7.00. The zero-order valence-electron chi connectivity index (χ0n) is 15.1. The van der Waals surface area contributed by atoms with Gasteiger partial charge in [0.05, 0.1) is 22.5 Å². The standard InChI is InChI=1S/C18H25N3O4S2/c19-13-10-27(23,24)15-9-21(8-12(13)15)17(22)14-7-11-1-6-25-18(16(11)26-14)2-4-20-5-3-18/h7,12-13,15,20H,1-6,8-10,19H2/t12-,13+,15-/m0/s1. The first-order valence-corrected chi connectivity index (χ1v) is 12.2. The predicted octanol–water partition coefficient (Wildman–Crippen LogP) is 0.0958. The van der Waals surface area contributed by atoms with E-state index in [9.17, 15) is 13.2 Å². The SMILES string of the molecule is N[C@@H]1CS(=O)(=O)[C@H]2CN(C(=O)c3cc4c(s3)C3(CCNCC3)OCC4)C[C@@H]12. The third-order valence-electron chi connectivity index (χ3n) is 6.63. The second-order valence-electron chi connectivity index (χ2n) is 8.21. The van der Waals surface area contributed by atoms with Crippen molar-refractivity contribution < 1.29 is 17.9 Å². The number of hydrogen-bond acceptors (Lipinski definition) is 7. The van der Waals surface area contributed by atoms with Crippen LogP contribution in [0.15, 0.2) is 6.07 Å². The number of nitrogens with zero attached hydrogens (tertiary/aromatic N) is 1. The number of amides is 1. The molecule has 4 aliphatic rings. The summed E-state index contributed by atoms with van der Waals surface area (Å²) in [6.07, 6.45) is 2.68. The quantitative estimate of drug-likeness (QED) is 0.679. The van der Waals surface area contributed by atoms with Crippen LogP contribution in [-0.2, 0) is 26.6 Å². The van der Waals surface area contributed by atoms with Gasteiger partial charge in [-0.3, -0.25) is 4.79 Å². The summed E-state index contributed by atoms with van der Waals surface area (Å²) in [4.78, 5) is 16.7. The minimum Gasteiger partial charge on any atom is -0.369 e. The van der Waals surface area contributed by atoms with Gasteiger partial charge in [0.2, 0.25) is 0 Å². The third kappa shape index (κ3) is 2.78. The second kappa shape index (κ2) is 6.25. The van der Waals surface area contributed by atoms with Gasteiger partial charge in [0.25, 0.3) is 5.91 Å². The number of rotatable bonds is 1. The average molecular weight is 412 g/mol. The fourth-order valence-corrected chi connectivity index (χ4v) is 8.79. The lowest BCUT2D eigenvalue weighted by Crippen LogP contribution is -2.43. The maximum Gasteiger partial charge on any atom is 0.263 e. The van der Waals surface area contributed by atoms with Gasteiger partial charge in [-0.25, -0.2) is 8.42 Å². The smallest absolute Gasteiger partial charge is 0.263 e. The number of sulfone groups is 1. The highest BCUT2D eigenvalue weighted by molar-refractivity contribution is 7.92. The van der Waals surface area contributed by atoms with Crippen LogP contribution in [0.1, 0.15) is 33.0 Å². The van der Waals surface area contributed by atoms with Gasteiger partial charge in [0.15, 0.2) is 9.84 Å². The number of carbonyl (C=O) groups excluding carboxylic acids is 1. The zero-order valence-corrected chi connectivity index (χ0v) is 16.8. The summed E-state index contributed by atoms with van der Waals surface area (Å²) >= 11 is 1.54. The fraction of sp³-hybridized carbons (Fsp3) is 0.722. The molecule has 4 aliphatic heterocycles. The van der Waals surface area contributed by atoms with E-state index in [1.807, 2.05) is 6.07 Å². The van der Waals surface area contributed by atoms with Crippen molar-refractivity contribution >= 4 is 27.1 Å². The number of thiophene rings is 1. The summed E-state index contributed by atoms with van der Waals surface area (Å²) in [7, 11) is -3.19. The third-order valence-corrected chi connectivity index (χ3v) is 10.2. The Morgan fingerprint density at radius 3 is 2.85 bits per heavy atom. The molecular weight excluding hydrogens is 386 g/mol. The van der Waals surface area contributed by atoms with Crippen LogP contribution in [0.4, 0.5) is 0 Å². The van der Waals surface area contributed by atoms with E-state index in [-0.39, 0.29) is 35.8 Å². The van der Waals surface area contributed by atoms with Crippen molar-refractivity contribution in [2.45, 2.75) is 36.2 Å². The van der Waals surface area contributed by atoms with Gasteiger partial charge in [0, 0.05) is 29.9 Å². The van der Waals surface area contributed by atoms with Crippen molar-refractivity contribution in [3.8, 4) is 0 Å². The maximum absolute atomic E-state index is 13.1. The van der Waals surface area contributed by atoms with Crippen molar-refractivity contribution in [3.63, 3.8) is 0 Å². The van der Waals surface area contributed by atoms with Gasteiger partial charge in [-0.05, 0) is 44.0 Å². The van der Waals surface area contributed by atoms with Gasteiger partial charge in [-0.2, -0.15) is 0 Å². The maximum atomic E-state index is 13.1. The average Bonchev–Trinajstić information content (AvgIpc) is 3.32. The second-order valence-corrected chi connectivity index (χ2v) is 11.5. The molecule has 0 aliphatic carbocycles. The van der Waals surface area contributed by atoms with E-state index in [0.717, 1.165) is 32.4 Å². The Bertz CT molecular complexity index is 875. The largest absolute Gasteiger partial charge is 0.369 e. The van der Waals surface area contributed by atoms with Gasteiger partial charge in [-0.15, -0.1) is 11.3 Å². The molecule has 5 rings (SSSR count). The lowest BCUT2D eigenvalue weighted by molar-refractivity contribution is -0.0771. The van der Waals surface area contributed by atoms with E-state index in [1.54, 1.807) is 4.90 Å². The Kier molecular flexibility index (Phi) is 4.18. The summed E-state index contributed by atoms with van der Waals surface area (Å²) in [6, 6.07) is 1.65. The van der Waals surface area contributed by atoms with Crippen molar-refractivity contribution in [2.75, 3.05) is 38.5 Å². The molecule has 3 fully saturated rings. The number of nitrogens with one attached hydrogen (secondary N) is 1. The van der Waals surface area contributed by atoms with Crippen LogP contribution in [0.25, 0.3) is 0 Å². The lowest BCUT2D eigenvalue weighted by atomic mass is 9.86.